The van der Waals surface area contributed by atoms with Crippen molar-refractivity contribution in [2.24, 2.45) is 0 Å². The summed E-state index contributed by atoms with van der Waals surface area (Å²) in [5, 5.41) is 15.7. The monoisotopic (exact) mass is 574 g/mol. The first-order valence-electron chi connectivity index (χ1n) is 12.3. The molecule has 0 amide bonds. The Morgan fingerprint density at radius 3 is 1.61 bits per heavy atom. The summed E-state index contributed by atoms with van der Waals surface area (Å²) in [7, 11) is 0. The van der Waals surface area contributed by atoms with E-state index >= 15 is 0 Å². The first-order chi connectivity index (χ1) is 19.9. The highest BCUT2D eigenvalue weighted by Gasteiger charge is 2.23. The Balaban J connectivity index is 0.000000166. The minimum atomic E-state index is -0.405. The van der Waals surface area contributed by atoms with Crippen LogP contribution in [0.15, 0.2) is 78.8 Å². The van der Waals surface area contributed by atoms with Crippen molar-refractivity contribution in [2.75, 3.05) is 0 Å². The number of rotatable bonds is 7. The van der Waals surface area contributed by atoms with Gasteiger partial charge in [0.15, 0.2) is 12.4 Å². The fraction of sp³-hybridized carbons (Fsp3) is 0.179. The Morgan fingerprint density at radius 1 is 0.707 bits per heavy atom. The number of hydrogen-bond acceptors (Lipinski definition) is 12. The first-order valence-corrected chi connectivity index (χ1v) is 12.9. The van der Waals surface area contributed by atoms with Crippen LogP contribution < -0.4 is 0 Å². The highest BCUT2D eigenvalue weighted by Crippen LogP contribution is 2.34. The second-order valence-corrected chi connectivity index (χ2v) is 8.87. The van der Waals surface area contributed by atoms with E-state index in [1.165, 1.54) is 6.92 Å². The van der Waals surface area contributed by atoms with Crippen LogP contribution in [0, 0.1) is 13.8 Å². The quantitative estimate of drug-likeness (QED) is 0.157. The fourth-order valence-electron chi connectivity index (χ4n) is 3.82. The lowest BCUT2D eigenvalue weighted by atomic mass is 10.1. The van der Waals surface area contributed by atoms with Gasteiger partial charge in [0.2, 0.25) is 5.82 Å². The number of ether oxygens (including phenoxy) is 1. The number of carbonyl (C=O) groups excluding carboxylic acids is 1. The van der Waals surface area contributed by atoms with Crippen molar-refractivity contribution < 1.29 is 27.6 Å². The molecule has 6 rings (SSSR count). The molecule has 6 aromatic rings. The van der Waals surface area contributed by atoms with Crippen LogP contribution in [0.1, 0.15) is 30.1 Å². The fourth-order valence-corrected chi connectivity index (χ4v) is 3.93. The Bertz CT molecular complexity index is 1740. The number of nitrogens with zero attached hydrogens (tertiary/aromatic N) is 6. The molecule has 0 aliphatic rings. The second-order valence-electron chi connectivity index (χ2n) is 8.60. The van der Waals surface area contributed by atoms with Gasteiger partial charge in [-0.25, -0.2) is 0 Å². The van der Waals surface area contributed by atoms with Crippen LogP contribution in [-0.4, -0.2) is 36.6 Å². The van der Waals surface area contributed by atoms with Gasteiger partial charge in [0, 0.05) is 18.1 Å². The summed E-state index contributed by atoms with van der Waals surface area (Å²) in [6.45, 7) is 4.85. The van der Waals surface area contributed by atoms with Crippen LogP contribution in [0.2, 0.25) is 0 Å². The number of carbonyl (C=O) groups is 1. The van der Waals surface area contributed by atoms with Crippen LogP contribution in [-0.2, 0) is 22.0 Å². The van der Waals surface area contributed by atoms with Crippen LogP contribution in [0.25, 0.3) is 45.4 Å². The predicted molar refractivity (Wildman–Crippen MR) is 145 cm³/mol. The number of halogens is 1. The van der Waals surface area contributed by atoms with Crippen molar-refractivity contribution in [2.45, 2.75) is 33.3 Å². The van der Waals surface area contributed by atoms with Crippen LogP contribution in [0.5, 0.6) is 0 Å². The number of aromatic nitrogens is 6. The van der Waals surface area contributed by atoms with Crippen molar-refractivity contribution in [3.63, 3.8) is 0 Å². The molecule has 0 fully saturated rings. The van der Waals surface area contributed by atoms with Crippen LogP contribution in [0.3, 0.4) is 0 Å². The summed E-state index contributed by atoms with van der Waals surface area (Å²) >= 11 is 5.67. The zero-order chi connectivity index (χ0) is 28.8. The molecule has 0 unspecified atom stereocenters. The van der Waals surface area contributed by atoms with E-state index in [1.807, 2.05) is 60.7 Å². The number of benzene rings is 2. The third-order valence-electron chi connectivity index (χ3n) is 5.71. The van der Waals surface area contributed by atoms with Gasteiger partial charge in [0.05, 0.1) is 5.88 Å². The van der Waals surface area contributed by atoms with E-state index < -0.39 is 5.97 Å². The average Bonchev–Trinajstić information content (AvgIpc) is 3.80. The largest absolute Gasteiger partial charge is 0.457 e. The molecule has 0 radical (unpaired) electrons. The van der Waals surface area contributed by atoms with Crippen LogP contribution >= 0.6 is 11.6 Å². The lowest BCUT2D eigenvalue weighted by molar-refractivity contribution is -0.142. The van der Waals surface area contributed by atoms with Crippen molar-refractivity contribution in [3.8, 4) is 45.4 Å². The third kappa shape index (κ3) is 6.23. The summed E-state index contributed by atoms with van der Waals surface area (Å²) in [5.74, 6) is 2.37. The summed E-state index contributed by atoms with van der Waals surface area (Å²) in [6, 6.07) is 19.2. The van der Waals surface area contributed by atoms with Gasteiger partial charge in [-0.2, -0.15) is 9.97 Å². The van der Waals surface area contributed by atoms with E-state index in [4.69, 9.17) is 34.4 Å². The highest BCUT2D eigenvalue weighted by atomic mass is 35.5. The maximum atomic E-state index is 10.8. The molecule has 0 aliphatic carbocycles. The van der Waals surface area contributed by atoms with E-state index in [2.05, 4.69) is 30.6 Å². The van der Waals surface area contributed by atoms with Crippen LogP contribution in [0.4, 0.5) is 0 Å². The normalized spacial score (nSPS) is 10.7. The molecule has 0 aliphatic heterocycles. The molecule has 0 saturated carbocycles. The van der Waals surface area contributed by atoms with E-state index in [9.17, 15) is 4.79 Å². The standard InChI is InChI=1S/C15H13N3O4.C13H10ClN3O2/c1-9-13(14(18-21-9)11-6-4-3-5-7-11)15-16-12(17-22-15)8-20-10(2)19;1-8-11(13-15-10(7-14)16-19-13)12(17-18-8)9-5-3-2-4-6-9/h3-7H,8H2,1-2H3;2-6H,7H2,1H3. The van der Waals surface area contributed by atoms with Gasteiger partial charge in [-0.3, -0.25) is 4.79 Å². The Labute approximate surface area is 238 Å². The highest BCUT2D eigenvalue weighted by molar-refractivity contribution is 6.16. The van der Waals surface area contributed by atoms with Gasteiger partial charge >= 0.3 is 5.97 Å². The van der Waals surface area contributed by atoms with E-state index in [1.54, 1.807) is 13.8 Å². The molecule has 4 aromatic heterocycles. The van der Waals surface area contributed by atoms with Gasteiger partial charge in [0.25, 0.3) is 11.8 Å². The summed E-state index contributed by atoms with van der Waals surface area (Å²) in [5.41, 5.74) is 4.46. The minimum absolute atomic E-state index is 0.0379. The zero-order valence-electron chi connectivity index (χ0n) is 22.2. The molecule has 0 N–H and O–H groups in total. The van der Waals surface area contributed by atoms with Gasteiger partial charge in [0.1, 0.15) is 34.0 Å². The van der Waals surface area contributed by atoms with Crippen molar-refractivity contribution in [1.82, 2.24) is 30.6 Å². The topological polar surface area (TPSA) is 156 Å². The summed E-state index contributed by atoms with van der Waals surface area (Å²) < 4.78 is 25.8. The predicted octanol–water partition coefficient (Wildman–Crippen LogP) is 6.20. The number of esters is 1. The molecule has 4 heterocycles. The SMILES string of the molecule is CC(=O)OCc1noc(-c2c(-c3ccccc3)noc2C)n1.Cc1onc(-c2ccccc2)c1-c1nc(CCl)no1. The van der Waals surface area contributed by atoms with Gasteiger partial charge in [-0.15, -0.1) is 11.6 Å². The number of alkyl halides is 1. The van der Waals surface area contributed by atoms with E-state index in [-0.39, 0.29) is 24.2 Å². The van der Waals surface area contributed by atoms with Crippen molar-refractivity contribution in [3.05, 3.63) is 83.8 Å². The molecule has 208 valence electrons. The third-order valence-corrected chi connectivity index (χ3v) is 5.95. The maximum absolute atomic E-state index is 10.8. The summed E-state index contributed by atoms with van der Waals surface area (Å²) in [4.78, 5) is 19.2. The van der Waals surface area contributed by atoms with Gasteiger partial charge in [-0.1, -0.05) is 81.3 Å². The molecule has 0 saturated heterocycles. The Kier molecular flexibility index (Phi) is 8.30. The van der Waals surface area contributed by atoms with E-state index in [0.717, 1.165) is 11.1 Å². The maximum Gasteiger partial charge on any atom is 0.303 e. The molecule has 2 aromatic carbocycles. The number of hydrogen-bond donors (Lipinski definition) is 0. The van der Waals surface area contributed by atoms with Crippen molar-refractivity contribution >= 4 is 17.6 Å². The first kappa shape index (κ1) is 27.5. The van der Waals surface area contributed by atoms with Gasteiger partial charge < -0.3 is 22.8 Å². The zero-order valence-corrected chi connectivity index (χ0v) is 23.0. The lowest BCUT2D eigenvalue weighted by Crippen LogP contribution is -2.00. The molecule has 0 spiro atoms. The lowest BCUT2D eigenvalue weighted by Gasteiger charge is -1.97. The molecule has 0 bridgehead atoms. The average molecular weight is 575 g/mol. The molecule has 41 heavy (non-hydrogen) atoms. The van der Waals surface area contributed by atoms with E-state index in [0.29, 0.717) is 45.8 Å². The Hall–Kier alpha value is -5.10. The molecular weight excluding hydrogens is 552 g/mol. The second kappa shape index (κ2) is 12.4. The molecule has 13 heteroatoms. The summed E-state index contributed by atoms with van der Waals surface area (Å²) in [6.07, 6.45) is 0. The molecule has 0 atom stereocenters. The van der Waals surface area contributed by atoms with Gasteiger partial charge in [-0.05, 0) is 13.8 Å². The number of aryl methyl sites for hydroxylation is 2. The van der Waals surface area contributed by atoms with Crippen molar-refractivity contribution in [1.29, 1.82) is 0 Å². The molecular formula is C28H23ClN6O6. The molecule has 12 nitrogen and oxygen atoms in total. The Morgan fingerprint density at radius 2 is 1.17 bits per heavy atom. The smallest absolute Gasteiger partial charge is 0.303 e. The minimum Gasteiger partial charge on any atom is -0.457 e.